The lowest BCUT2D eigenvalue weighted by Crippen LogP contribution is -2.59. The first-order valence-corrected chi connectivity index (χ1v) is 12.1. The Balaban J connectivity index is 1.55. The average molecular weight is 481 g/mol. The molecule has 0 aliphatic carbocycles. The molecule has 0 saturated carbocycles. The largest absolute Gasteiger partial charge is 0.481 e. The summed E-state index contributed by atoms with van der Waals surface area (Å²) in [5, 5.41) is 15.8. The van der Waals surface area contributed by atoms with Crippen LogP contribution in [0.4, 0.5) is 10.6 Å². The lowest BCUT2D eigenvalue weighted by molar-refractivity contribution is -0.163. The van der Waals surface area contributed by atoms with E-state index in [0.29, 0.717) is 38.0 Å². The number of hydrazine groups is 1. The van der Waals surface area contributed by atoms with Crippen LogP contribution in [0.25, 0.3) is 0 Å². The number of aromatic nitrogens is 2. The number of carboxylic acids is 1. The number of carbonyl (C=O) groups is 3. The van der Waals surface area contributed by atoms with E-state index in [1.807, 2.05) is 13.0 Å². The smallest absolute Gasteiger partial charge is 0.339 e. The molecule has 10 heteroatoms. The van der Waals surface area contributed by atoms with Crippen LogP contribution >= 0.6 is 0 Å². The van der Waals surface area contributed by atoms with Gasteiger partial charge < -0.3 is 15.3 Å². The minimum absolute atomic E-state index is 0.291. The number of rotatable bonds is 9. The number of pyridine rings is 2. The predicted octanol–water partition coefficient (Wildman–Crippen LogP) is 2.66. The maximum atomic E-state index is 13.4. The molecule has 3 amide bonds. The Morgan fingerprint density at radius 3 is 2.77 bits per heavy atom. The molecule has 0 radical (unpaired) electrons. The van der Waals surface area contributed by atoms with Crippen molar-refractivity contribution in [1.82, 2.24) is 24.9 Å². The van der Waals surface area contributed by atoms with Gasteiger partial charge in [-0.25, -0.2) is 19.8 Å². The molecule has 0 bridgehead atoms. The van der Waals surface area contributed by atoms with Gasteiger partial charge in [-0.3, -0.25) is 14.6 Å². The SMILES string of the molecule is CC[C@](CC(=O)O)(c1cccnc1)N(C(C)=O)N1CCN(CCc2ccc3c(n2)NCCC3)C1=O. The molecule has 35 heavy (non-hydrogen) atoms. The van der Waals surface area contributed by atoms with Crippen LogP contribution < -0.4 is 5.32 Å². The molecule has 2 N–H and O–H groups in total. The maximum Gasteiger partial charge on any atom is 0.339 e. The zero-order chi connectivity index (χ0) is 25.0. The second-order valence-corrected chi connectivity index (χ2v) is 9.01. The van der Waals surface area contributed by atoms with Gasteiger partial charge in [-0.05, 0) is 42.5 Å². The quantitative estimate of drug-likeness (QED) is 0.566. The van der Waals surface area contributed by atoms with Crippen LogP contribution in [0.1, 0.15) is 49.9 Å². The number of nitrogens with zero attached hydrogens (tertiary/aromatic N) is 5. The molecule has 1 saturated heterocycles. The van der Waals surface area contributed by atoms with E-state index >= 15 is 0 Å². The summed E-state index contributed by atoms with van der Waals surface area (Å²) in [7, 11) is 0. The monoisotopic (exact) mass is 480 g/mol. The first-order chi connectivity index (χ1) is 16.9. The standard InChI is InChI=1S/C25H32N6O4/c1-3-25(16-22(33)34,20-7-5-11-26-17-20)31(18(2)32)30-15-14-29(24(30)35)13-10-21-9-8-19-6-4-12-27-23(19)28-21/h5,7-9,11,17H,3-4,6,10,12-16H2,1-2H3,(H,27,28)(H,33,34)/t25-/m0/s1. The molecule has 0 spiro atoms. The first-order valence-electron chi connectivity index (χ1n) is 12.1. The number of aryl methyl sites for hydroxylation is 1. The van der Waals surface area contributed by atoms with Gasteiger partial charge >= 0.3 is 12.0 Å². The Hall–Kier alpha value is -3.69. The second kappa shape index (κ2) is 10.3. The van der Waals surface area contributed by atoms with Crippen molar-refractivity contribution in [3.8, 4) is 0 Å². The van der Waals surface area contributed by atoms with Gasteiger partial charge in [-0.15, -0.1) is 0 Å². The van der Waals surface area contributed by atoms with E-state index in [1.54, 1.807) is 29.4 Å². The Kier molecular flexibility index (Phi) is 7.18. The molecular weight excluding hydrogens is 448 g/mol. The predicted molar refractivity (Wildman–Crippen MR) is 129 cm³/mol. The molecule has 1 atom stereocenters. The molecule has 4 rings (SSSR count). The Labute approximate surface area is 204 Å². The fourth-order valence-electron chi connectivity index (χ4n) is 5.09. The minimum Gasteiger partial charge on any atom is -0.481 e. The summed E-state index contributed by atoms with van der Waals surface area (Å²) in [4.78, 5) is 48.8. The summed E-state index contributed by atoms with van der Waals surface area (Å²) in [5.41, 5.74) is 1.46. The summed E-state index contributed by atoms with van der Waals surface area (Å²) in [6, 6.07) is 7.24. The molecule has 2 aromatic rings. The van der Waals surface area contributed by atoms with Crippen LogP contribution in [0.5, 0.6) is 0 Å². The number of urea groups is 1. The van der Waals surface area contributed by atoms with Crippen molar-refractivity contribution in [3.05, 3.63) is 53.5 Å². The van der Waals surface area contributed by atoms with Crippen molar-refractivity contribution in [2.24, 2.45) is 0 Å². The Bertz CT molecular complexity index is 1090. The highest BCUT2D eigenvalue weighted by Crippen LogP contribution is 2.38. The van der Waals surface area contributed by atoms with Gasteiger partial charge in [0.2, 0.25) is 5.91 Å². The van der Waals surface area contributed by atoms with Gasteiger partial charge in [0.05, 0.1) is 13.0 Å². The molecule has 186 valence electrons. The van der Waals surface area contributed by atoms with Crippen LogP contribution in [0.3, 0.4) is 0 Å². The van der Waals surface area contributed by atoms with Crippen LogP contribution in [0.15, 0.2) is 36.7 Å². The van der Waals surface area contributed by atoms with E-state index in [0.717, 1.165) is 30.9 Å². The number of nitrogens with one attached hydrogen (secondary N) is 1. The van der Waals surface area contributed by atoms with E-state index in [9.17, 15) is 19.5 Å². The van der Waals surface area contributed by atoms with Gasteiger partial charge in [0.25, 0.3) is 0 Å². The molecule has 4 heterocycles. The van der Waals surface area contributed by atoms with Crippen molar-refractivity contribution in [3.63, 3.8) is 0 Å². The number of hydrogen-bond donors (Lipinski definition) is 2. The molecule has 1 fully saturated rings. The summed E-state index contributed by atoms with van der Waals surface area (Å²) in [5.74, 6) is -0.532. The summed E-state index contributed by atoms with van der Waals surface area (Å²) in [6.07, 6.45) is 5.82. The molecular formula is C25H32N6O4. The van der Waals surface area contributed by atoms with Crippen LogP contribution in [0, 0.1) is 0 Å². The molecule has 0 unspecified atom stereocenters. The third-order valence-electron chi connectivity index (χ3n) is 6.84. The number of fused-ring (bicyclic) bond motifs is 1. The number of amides is 3. The van der Waals surface area contributed by atoms with E-state index in [2.05, 4.69) is 16.4 Å². The van der Waals surface area contributed by atoms with E-state index < -0.39 is 17.4 Å². The van der Waals surface area contributed by atoms with Crippen LogP contribution in [0.2, 0.25) is 0 Å². The summed E-state index contributed by atoms with van der Waals surface area (Å²) >= 11 is 0. The second-order valence-electron chi connectivity index (χ2n) is 9.01. The fraction of sp³-hybridized carbons (Fsp3) is 0.480. The number of aliphatic carboxylic acids is 1. The summed E-state index contributed by atoms with van der Waals surface area (Å²) in [6.45, 7) is 5.28. The zero-order valence-corrected chi connectivity index (χ0v) is 20.2. The third-order valence-corrected chi connectivity index (χ3v) is 6.84. The van der Waals surface area contributed by atoms with Crippen molar-refractivity contribution in [2.75, 3.05) is 31.5 Å². The van der Waals surface area contributed by atoms with Crippen molar-refractivity contribution >= 4 is 23.7 Å². The van der Waals surface area contributed by atoms with Crippen molar-refractivity contribution < 1.29 is 19.5 Å². The highest BCUT2D eigenvalue weighted by molar-refractivity contribution is 5.83. The number of carbonyl (C=O) groups excluding carboxylic acids is 2. The van der Waals surface area contributed by atoms with Gasteiger partial charge in [-0.2, -0.15) is 0 Å². The number of carboxylic acid groups (broad SMARTS) is 1. The first kappa shape index (κ1) is 24.4. The normalized spacial score (nSPS) is 16.9. The van der Waals surface area contributed by atoms with Crippen molar-refractivity contribution in [1.29, 1.82) is 0 Å². The topological polar surface area (TPSA) is 119 Å². The lowest BCUT2D eigenvalue weighted by Gasteiger charge is -2.46. The fourth-order valence-corrected chi connectivity index (χ4v) is 5.09. The third kappa shape index (κ3) is 4.91. The van der Waals surface area contributed by atoms with Crippen molar-refractivity contribution in [2.45, 2.75) is 51.5 Å². The van der Waals surface area contributed by atoms with Crippen LogP contribution in [-0.2, 0) is 28.0 Å². The summed E-state index contributed by atoms with van der Waals surface area (Å²) < 4.78 is 0. The molecule has 2 aliphatic rings. The van der Waals surface area contributed by atoms with E-state index in [4.69, 9.17) is 4.98 Å². The Morgan fingerprint density at radius 1 is 1.26 bits per heavy atom. The number of anilines is 1. The maximum absolute atomic E-state index is 13.4. The molecule has 10 nitrogen and oxygen atoms in total. The lowest BCUT2D eigenvalue weighted by atomic mass is 9.84. The highest BCUT2D eigenvalue weighted by atomic mass is 16.4. The minimum atomic E-state index is -1.23. The van der Waals surface area contributed by atoms with E-state index in [-0.39, 0.29) is 12.5 Å². The van der Waals surface area contributed by atoms with Gasteiger partial charge in [-0.1, -0.05) is 19.1 Å². The zero-order valence-electron chi connectivity index (χ0n) is 20.2. The molecule has 0 aromatic carbocycles. The van der Waals surface area contributed by atoms with Gasteiger partial charge in [0.15, 0.2) is 0 Å². The average Bonchev–Trinajstić information content (AvgIpc) is 3.21. The highest BCUT2D eigenvalue weighted by Gasteiger charge is 2.48. The van der Waals surface area contributed by atoms with Crippen LogP contribution in [-0.4, -0.2) is 74.1 Å². The van der Waals surface area contributed by atoms with Gasteiger partial charge in [0.1, 0.15) is 11.4 Å². The molecule has 2 aromatic heterocycles. The molecule has 2 aliphatic heterocycles. The van der Waals surface area contributed by atoms with Gasteiger partial charge in [0, 0.05) is 51.1 Å². The number of hydrogen-bond acceptors (Lipinski definition) is 6. The van der Waals surface area contributed by atoms with E-state index in [1.165, 1.54) is 22.5 Å². The Morgan fingerprint density at radius 2 is 2.09 bits per heavy atom.